The molecule has 1 aliphatic carbocycles. The molecule has 1 aromatic rings. The zero-order chi connectivity index (χ0) is 17.3. The lowest BCUT2D eigenvalue weighted by atomic mass is 9.79. The average Bonchev–Trinajstić information content (AvgIpc) is 2.82. The van der Waals surface area contributed by atoms with E-state index in [0.29, 0.717) is 6.04 Å². The van der Waals surface area contributed by atoms with Gasteiger partial charge in [-0.25, -0.2) is 0 Å². The lowest BCUT2D eigenvalue weighted by molar-refractivity contribution is -0.107. The molecule has 0 spiro atoms. The van der Waals surface area contributed by atoms with Crippen LogP contribution >= 0.6 is 0 Å². The van der Waals surface area contributed by atoms with Crippen LogP contribution in [0, 0.1) is 0 Å². The third-order valence-electron chi connectivity index (χ3n) is 6.64. The summed E-state index contributed by atoms with van der Waals surface area (Å²) in [5.41, 5.74) is 3.47. The molecule has 0 unspecified atom stereocenters. The van der Waals surface area contributed by atoms with E-state index in [2.05, 4.69) is 27.0 Å². The molecule has 2 atom stereocenters. The van der Waals surface area contributed by atoms with E-state index in [1.165, 1.54) is 62.1 Å². The number of nitrogens with zero attached hydrogens (tertiary/aromatic N) is 3. The highest BCUT2D eigenvalue weighted by Gasteiger charge is 2.44. The number of nitrogens with one attached hydrogen (secondary N) is 1. The van der Waals surface area contributed by atoms with Crippen LogP contribution in [-0.4, -0.2) is 63.4 Å². The molecular weight excluding hydrogens is 312 g/mol. The van der Waals surface area contributed by atoms with Crippen molar-refractivity contribution in [1.82, 2.24) is 20.0 Å². The van der Waals surface area contributed by atoms with Crippen LogP contribution in [0.15, 0.2) is 0 Å². The average molecular weight is 347 g/mol. The summed E-state index contributed by atoms with van der Waals surface area (Å²) in [6, 6.07) is 0.355. The van der Waals surface area contributed by atoms with Gasteiger partial charge < -0.3 is 5.11 Å². The molecule has 2 aliphatic heterocycles. The maximum atomic E-state index is 11.4. The largest absolute Gasteiger partial charge is 0.387 e. The van der Waals surface area contributed by atoms with Gasteiger partial charge in [-0.3, -0.25) is 14.9 Å². The topological polar surface area (TPSA) is 55.4 Å². The molecule has 1 aromatic heterocycles. The lowest BCUT2D eigenvalue weighted by Gasteiger charge is -2.50. The van der Waals surface area contributed by atoms with Crippen molar-refractivity contribution in [2.75, 3.05) is 26.7 Å². The predicted octanol–water partition coefficient (Wildman–Crippen LogP) is 2.49. The van der Waals surface area contributed by atoms with Crippen LogP contribution in [0.5, 0.6) is 0 Å². The van der Waals surface area contributed by atoms with Crippen molar-refractivity contribution < 1.29 is 5.11 Å². The number of rotatable bonds is 4. The van der Waals surface area contributed by atoms with Gasteiger partial charge in [0.2, 0.25) is 0 Å². The highest BCUT2D eigenvalue weighted by Crippen LogP contribution is 2.35. The highest BCUT2D eigenvalue weighted by molar-refractivity contribution is 5.26. The normalized spacial score (nSPS) is 30.8. The van der Waals surface area contributed by atoms with Gasteiger partial charge in [0.1, 0.15) is 0 Å². The molecule has 0 saturated carbocycles. The highest BCUT2D eigenvalue weighted by atomic mass is 16.3. The molecule has 0 bridgehead atoms. The van der Waals surface area contributed by atoms with Gasteiger partial charge in [0.15, 0.2) is 0 Å². The Labute approximate surface area is 151 Å². The quantitative estimate of drug-likeness (QED) is 0.823. The second-order valence-corrected chi connectivity index (χ2v) is 8.62. The number of hydrogen-bond donors (Lipinski definition) is 2. The van der Waals surface area contributed by atoms with Crippen molar-refractivity contribution >= 4 is 0 Å². The molecule has 2 fully saturated rings. The SMILES string of the molecule is CN(Cc1n[nH]c2c1CCCCC2)C[C@]1(O)CCCN2CCCC[C@@H]21. The maximum absolute atomic E-state index is 11.4. The first-order chi connectivity index (χ1) is 12.2. The number of aliphatic hydroxyl groups is 1. The van der Waals surface area contributed by atoms with E-state index in [1.54, 1.807) is 0 Å². The fourth-order valence-corrected chi connectivity index (χ4v) is 5.44. The zero-order valence-corrected chi connectivity index (χ0v) is 15.8. The van der Waals surface area contributed by atoms with Gasteiger partial charge in [-0.1, -0.05) is 12.8 Å². The van der Waals surface area contributed by atoms with Gasteiger partial charge in [-0.15, -0.1) is 0 Å². The van der Waals surface area contributed by atoms with Gasteiger partial charge in [0.25, 0.3) is 0 Å². The standard InChI is InChI=1S/C20H34N4O/c1-23(14-18-16-8-3-2-4-9-17(16)21-22-18)15-20(25)11-7-13-24-12-6-5-10-19(20)24/h19,25H,2-15H2,1H3,(H,21,22)/t19-,20-/m1/s1. The Morgan fingerprint density at radius 1 is 1.16 bits per heavy atom. The number of H-pyrrole nitrogens is 1. The summed E-state index contributed by atoms with van der Waals surface area (Å²) < 4.78 is 0. The first kappa shape index (κ1) is 17.5. The van der Waals surface area contributed by atoms with Gasteiger partial charge in [-0.2, -0.15) is 5.10 Å². The van der Waals surface area contributed by atoms with Crippen LogP contribution in [0.4, 0.5) is 0 Å². The van der Waals surface area contributed by atoms with Crippen LogP contribution in [0.2, 0.25) is 0 Å². The van der Waals surface area contributed by atoms with Gasteiger partial charge in [0, 0.05) is 24.8 Å². The number of aromatic nitrogens is 2. The minimum Gasteiger partial charge on any atom is -0.387 e. The van der Waals surface area contributed by atoms with Crippen LogP contribution in [-0.2, 0) is 19.4 Å². The van der Waals surface area contributed by atoms with Crippen molar-refractivity contribution in [2.45, 2.75) is 82.4 Å². The number of aryl methyl sites for hydroxylation is 1. The Hall–Kier alpha value is -0.910. The van der Waals surface area contributed by atoms with Crippen molar-refractivity contribution in [1.29, 1.82) is 0 Å². The van der Waals surface area contributed by atoms with Crippen molar-refractivity contribution in [3.63, 3.8) is 0 Å². The van der Waals surface area contributed by atoms with E-state index in [1.807, 2.05) is 0 Å². The van der Waals surface area contributed by atoms with Gasteiger partial charge in [-0.05, 0) is 77.1 Å². The Morgan fingerprint density at radius 3 is 2.92 bits per heavy atom. The molecule has 4 rings (SSSR count). The molecule has 3 heterocycles. The summed E-state index contributed by atoms with van der Waals surface area (Å²) in [5, 5.41) is 19.3. The summed E-state index contributed by atoms with van der Waals surface area (Å²) in [5.74, 6) is 0. The van der Waals surface area contributed by atoms with Crippen molar-refractivity contribution in [3.8, 4) is 0 Å². The second kappa shape index (κ2) is 7.37. The van der Waals surface area contributed by atoms with Crippen molar-refractivity contribution in [3.05, 3.63) is 17.0 Å². The summed E-state index contributed by atoms with van der Waals surface area (Å²) in [6.45, 7) is 3.95. The lowest BCUT2D eigenvalue weighted by Crippen LogP contribution is -2.62. The van der Waals surface area contributed by atoms with E-state index in [-0.39, 0.29) is 0 Å². The smallest absolute Gasteiger partial charge is 0.0928 e. The van der Waals surface area contributed by atoms with E-state index in [4.69, 9.17) is 0 Å². The molecule has 0 radical (unpaired) electrons. The zero-order valence-electron chi connectivity index (χ0n) is 15.8. The Kier molecular flexibility index (Phi) is 5.16. The molecule has 3 aliphatic rings. The number of likely N-dealkylation sites (N-methyl/N-ethyl adjacent to an activating group) is 1. The predicted molar refractivity (Wildman–Crippen MR) is 99.6 cm³/mol. The number of aromatic amines is 1. The van der Waals surface area contributed by atoms with Crippen molar-refractivity contribution in [2.24, 2.45) is 0 Å². The molecule has 25 heavy (non-hydrogen) atoms. The molecule has 140 valence electrons. The molecule has 5 heteroatoms. The monoisotopic (exact) mass is 346 g/mol. The second-order valence-electron chi connectivity index (χ2n) is 8.62. The minimum absolute atomic E-state index is 0.355. The molecule has 2 saturated heterocycles. The molecule has 0 amide bonds. The Balaban J connectivity index is 1.43. The first-order valence-corrected chi connectivity index (χ1v) is 10.4. The van der Waals surface area contributed by atoms with E-state index in [9.17, 15) is 5.11 Å². The number of piperidine rings is 2. The third kappa shape index (κ3) is 3.64. The van der Waals surface area contributed by atoms with E-state index in [0.717, 1.165) is 45.2 Å². The fraction of sp³-hybridized carbons (Fsp3) is 0.850. The molecule has 5 nitrogen and oxygen atoms in total. The minimum atomic E-state index is -0.555. The van der Waals surface area contributed by atoms with Gasteiger partial charge >= 0.3 is 0 Å². The summed E-state index contributed by atoms with van der Waals surface area (Å²) in [4.78, 5) is 4.85. The van der Waals surface area contributed by atoms with Gasteiger partial charge in [0.05, 0.1) is 11.3 Å². The van der Waals surface area contributed by atoms with E-state index < -0.39 is 5.60 Å². The first-order valence-electron chi connectivity index (χ1n) is 10.4. The molecule has 2 N–H and O–H groups in total. The van der Waals surface area contributed by atoms with E-state index >= 15 is 0 Å². The van der Waals surface area contributed by atoms with Crippen LogP contribution in [0.25, 0.3) is 0 Å². The number of hydrogen-bond acceptors (Lipinski definition) is 4. The fourth-order valence-electron chi connectivity index (χ4n) is 5.44. The third-order valence-corrected chi connectivity index (χ3v) is 6.64. The molecule has 0 aromatic carbocycles. The summed E-state index contributed by atoms with van der Waals surface area (Å²) in [7, 11) is 2.15. The molecular formula is C20H34N4O. The Bertz CT molecular complexity index is 584. The maximum Gasteiger partial charge on any atom is 0.0928 e. The van der Waals surface area contributed by atoms with Crippen LogP contribution in [0.1, 0.15) is 68.3 Å². The summed E-state index contributed by atoms with van der Waals surface area (Å²) >= 11 is 0. The number of fused-ring (bicyclic) bond motifs is 2. The summed E-state index contributed by atoms with van der Waals surface area (Å²) in [6.07, 6.45) is 12.0. The van der Waals surface area contributed by atoms with Crippen LogP contribution in [0.3, 0.4) is 0 Å². The Morgan fingerprint density at radius 2 is 2.00 bits per heavy atom. The van der Waals surface area contributed by atoms with Crippen LogP contribution < -0.4 is 0 Å².